The molecular formula is C12H19N. The Balaban J connectivity index is 2.35. The van der Waals surface area contributed by atoms with Crippen LogP contribution in [-0.2, 0) is 0 Å². The van der Waals surface area contributed by atoms with E-state index in [1.807, 2.05) is 0 Å². The molecule has 0 heterocycles. The summed E-state index contributed by atoms with van der Waals surface area (Å²) in [6.45, 7) is 7.07. The van der Waals surface area contributed by atoms with Crippen molar-refractivity contribution in [2.75, 3.05) is 0 Å². The zero-order valence-corrected chi connectivity index (χ0v) is 8.80. The van der Waals surface area contributed by atoms with Crippen molar-refractivity contribution in [1.29, 1.82) is 0 Å². The number of hydrogen-bond acceptors (Lipinski definition) is 1. The molecule has 2 aliphatic carbocycles. The van der Waals surface area contributed by atoms with Gasteiger partial charge in [-0.05, 0) is 36.2 Å². The van der Waals surface area contributed by atoms with E-state index in [0.29, 0.717) is 11.3 Å². The molecule has 2 aliphatic rings. The number of allylic oxidation sites excluding steroid dienone is 4. The Morgan fingerprint density at radius 2 is 2.08 bits per heavy atom. The lowest BCUT2D eigenvalue weighted by atomic mass is 9.76. The fourth-order valence-electron chi connectivity index (χ4n) is 3.03. The van der Waals surface area contributed by atoms with Crippen LogP contribution >= 0.6 is 0 Å². The first kappa shape index (κ1) is 8.86. The first-order valence-corrected chi connectivity index (χ1v) is 5.17. The third-order valence-electron chi connectivity index (χ3n) is 3.68. The van der Waals surface area contributed by atoms with E-state index in [-0.39, 0.29) is 0 Å². The van der Waals surface area contributed by atoms with Crippen LogP contribution in [0.15, 0.2) is 23.4 Å². The average molecular weight is 177 g/mol. The van der Waals surface area contributed by atoms with Crippen molar-refractivity contribution in [3.05, 3.63) is 23.4 Å². The van der Waals surface area contributed by atoms with Gasteiger partial charge in [-0.1, -0.05) is 32.4 Å². The van der Waals surface area contributed by atoms with E-state index in [1.165, 1.54) is 6.42 Å². The summed E-state index contributed by atoms with van der Waals surface area (Å²) < 4.78 is 0. The minimum absolute atomic E-state index is 0.449. The van der Waals surface area contributed by atoms with Gasteiger partial charge in [-0.3, -0.25) is 0 Å². The molecule has 0 spiro atoms. The Bertz CT molecular complexity index is 283. The minimum atomic E-state index is 0.449. The highest BCUT2D eigenvalue weighted by Crippen LogP contribution is 2.52. The third-order valence-corrected chi connectivity index (χ3v) is 3.68. The third kappa shape index (κ3) is 1.31. The van der Waals surface area contributed by atoms with Gasteiger partial charge in [-0.15, -0.1) is 0 Å². The van der Waals surface area contributed by atoms with E-state index in [1.54, 1.807) is 5.57 Å². The molecule has 0 aliphatic heterocycles. The predicted molar refractivity (Wildman–Crippen MR) is 56.0 cm³/mol. The largest absolute Gasteiger partial charge is 0.402 e. The van der Waals surface area contributed by atoms with Gasteiger partial charge < -0.3 is 5.73 Å². The maximum atomic E-state index is 5.87. The van der Waals surface area contributed by atoms with Gasteiger partial charge in [0.2, 0.25) is 0 Å². The van der Waals surface area contributed by atoms with Crippen LogP contribution in [0.5, 0.6) is 0 Å². The van der Waals surface area contributed by atoms with Crippen molar-refractivity contribution in [3.8, 4) is 0 Å². The summed E-state index contributed by atoms with van der Waals surface area (Å²) in [6, 6.07) is 0. The van der Waals surface area contributed by atoms with Crippen molar-refractivity contribution < 1.29 is 0 Å². The molecule has 0 amide bonds. The number of rotatable bonds is 0. The van der Waals surface area contributed by atoms with Crippen LogP contribution in [0.2, 0.25) is 0 Å². The van der Waals surface area contributed by atoms with Gasteiger partial charge in [-0.25, -0.2) is 0 Å². The molecule has 0 saturated heterocycles. The second-order valence-corrected chi connectivity index (χ2v) is 5.26. The molecule has 0 aromatic carbocycles. The molecule has 72 valence electrons. The van der Waals surface area contributed by atoms with E-state index in [0.717, 1.165) is 18.0 Å². The number of nitrogens with two attached hydrogens (primary N) is 1. The van der Waals surface area contributed by atoms with Crippen LogP contribution < -0.4 is 5.73 Å². The molecule has 0 aromatic heterocycles. The lowest BCUT2D eigenvalue weighted by Crippen LogP contribution is -2.22. The second-order valence-electron chi connectivity index (χ2n) is 5.26. The van der Waals surface area contributed by atoms with E-state index in [4.69, 9.17) is 5.73 Å². The standard InChI is InChI=1S/C12H19N/c1-8-7-12(2,3)11-6-9(13)4-5-10(8)11/h4-5,8,11H,6-7,13H2,1-3H3. The van der Waals surface area contributed by atoms with Gasteiger partial charge >= 0.3 is 0 Å². The summed E-state index contributed by atoms with van der Waals surface area (Å²) in [5.74, 6) is 1.46. The summed E-state index contributed by atoms with van der Waals surface area (Å²) in [5.41, 5.74) is 9.00. The molecule has 0 radical (unpaired) electrons. The van der Waals surface area contributed by atoms with Gasteiger partial charge in [0, 0.05) is 5.70 Å². The Kier molecular flexibility index (Phi) is 1.79. The van der Waals surface area contributed by atoms with E-state index >= 15 is 0 Å². The smallest absolute Gasteiger partial charge is 0.00866 e. The highest BCUT2D eigenvalue weighted by Gasteiger charge is 2.42. The molecule has 1 saturated carbocycles. The monoisotopic (exact) mass is 177 g/mol. The maximum absolute atomic E-state index is 5.87. The molecule has 1 fully saturated rings. The lowest BCUT2D eigenvalue weighted by Gasteiger charge is -2.29. The van der Waals surface area contributed by atoms with Crippen LogP contribution in [-0.4, -0.2) is 0 Å². The van der Waals surface area contributed by atoms with E-state index in [2.05, 4.69) is 32.9 Å². The van der Waals surface area contributed by atoms with Gasteiger partial charge in [0.1, 0.15) is 0 Å². The quantitative estimate of drug-likeness (QED) is 0.605. The predicted octanol–water partition coefficient (Wildman–Crippen LogP) is 2.84. The van der Waals surface area contributed by atoms with Gasteiger partial charge in [0.05, 0.1) is 0 Å². The number of hydrogen-bond donors (Lipinski definition) is 1. The molecule has 2 N–H and O–H groups in total. The Hall–Kier alpha value is -0.720. The first-order valence-electron chi connectivity index (χ1n) is 5.17. The fourth-order valence-corrected chi connectivity index (χ4v) is 3.03. The van der Waals surface area contributed by atoms with Crippen molar-refractivity contribution in [1.82, 2.24) is 0 Å². The molecule has 2 unspecified atom stereocenters. The topological polar surface area (TPSA) is 26.0 Å². The van der Waals surface area contributed by atoms with Crippen molar-refractivity contribution in [2.24, 2.45) is 23.0 Å². The minimum Gasteiger partial charge on any atom is -0.402 e. The van der Waals surface area contributed by atoms with Gasteiger partial charge in [-0.2, -0.15) is 0 Å². The zero-order valence-electron chi connectivity index (χ0n) is 8.80. The van der Waals surface area contributed by atoms with Crippen molar-refractivity contribution in [3.63, 3.8) is 0 Å². The van der Waals surface area contributed by atoms with E-state index in [9.17, 15) is 0 Å². The van der Waals surface area contributed by atoms with Crippen LogP contribution in [0, 0.1) is 17.3 Å². The van der Waals surface area contributed by atoms with Gasteiger partial charge in [0.15, 0.2) is 0 Å². The summed E-state index contributed by atoms with van der Waals surface area (Å²) in [5, 5.41) is 0. The summed E-state index contributed by atoms with van der Waals surface area (Å²) in [4.78, 5) is 0. The highest BCUT2D eigenvalue weighted by molar-refractivity contribution is 5.31. The maximum Gasteiger partial charge on any atom is 0.00866 e. The summed E-state index contributed by atoms with van der Waals surface area (Å²) >= 11 is 0. The van der Waals surface area contributed by atoms with E-state index < -0.39 is 0 Å². The molecule has 1 heteroatoms. The molecule has 2 atom stereocenters. The Morgan fingerprint density at radius 3 is 2.77 bits per heavy atom. The van der Waals surface area contributed by atoms with Gasteiger partial charge in [0.25, 0.3) is 0 Å². The zero-order chi connectivity index (χ0) is 9.64. The number of fused-ring (bicyclic) bond motifs is 1. The summed E-state index contributed by atoms with van der Waals surface area (Å²) in [7, 11) is 0. The molecule has 1 nitrogen and oxygen atoms in total. The Labute approximate surface area is 80.7 Å². The molecular weight excluding hydrogens is 158 g/mol. The molecule has 0 bridgehead atoms. The van der Waals surface area contributed by atoms with Crippen molar-refractivity contribution >= 4 is 0 Å². The normalized spacial score (nSPS) is 36.5. The molecule has 2 rings (SSSR count). The first-order chi connectivity index (χ1) is 6.00. The van der Waals surface area contributed by atoms with Crippen LogP contribution in [0.25, 0.3) is 0 Å². The van der Waals surface area contributed by atoms with Crippen molar-refractivity contribution in [2.45, 2.75) is 33.6 Å². The second kappa shape index (κ2) is 2.63. The van der Waals surface area contributed by atoms with Crippen LogP contribution in [0.1, 0.15) is 33.6 Å². The Morgan fingerprint density at radius 1 is 1.38 bits per heavy atom. The lowest BCUT2D eigenvalue weighted by molar-refractivity contribution is 0.271. The van der Waals surface area contributed by atoms with Crippen LogP contribution in [0.4, 0.5) is 0 Å². The average Bonchev–Trinajstić information content (AvgIpc) is 2.23. The molecule has 13 heavy (non-hydrogen) atoms. The molecule has 0 aromatic rings. The highest BCUT2D eigenvalue weighted by atomic mass is 14.6. The summed E-state index contributed by atoms with van der Waals surface area (Å²) in [6.07, 6.45) is 6.72. The van der Waals surface area contributed by atoms with Crippen LogP contribution in [0.3, 0.4) is 0 Å². The SMILES string of the molecule is CC1CC(C)(C)C2CC(N)=CC=C12. The fraction of sp³-hybridized carbons (Fsp3) is 0.667.